The van der Waals surface area contributed by atoms with Gasteiger partial charge in [-0.15, -0.1) is 0 Å². The highest BCUT2D eigenvalue weighted by Crippen LogP contribution is 2.19. The number of allylic oxidation sites excluding steroid dienone is 2. The Balaban J connectivity index is 2.84. The Bertz CT molecular complexity index is 391. The van der Waals surface area contributed by atoms with Gasteiger partial charge in [0.1, 0.15) is 5.75 Å². The van der Waals surface area contributed by atoms with Crippen molar-refractivity contribution in [2.24, 2.45) is 0 Å². The number of ketones is 1. The van der Waals surface area contributed by atoms with Gasteiger partial charge in [-0.3, -0.25) is 4.79 Å². The van der Waals surface area contributed by atoms with E-state index in [1.165, 1.54) is 0 Å². The summed E-state index contributed by atoms with van der Waals surface area (Å²) in [6, 6.07) is 7.64. The number of hydrogen-bond donors (Lipinski definition) is 0. The van der Waals surface area contributed by atoms with Crippen LogP contribution in [0.4, 0.5) is 0 Å². The molecule has 0 aliphatic heterocycles. The lowest BCUT2D eigenvalue weighted by Gasteiger charge is -2.08. The lowest BCUT2D eigenvalue weighted by atomic mass is 10.0. The average Bonchev–Trinajstić information content (AvgIpc) is 2.31. The number of ether oxygens (including phenoxy) is 1. The molecule has 0 unspecified atom stereocenters. The molecule has 0 aliphatic rings. The third kappa shape index (κ3) is 2.96. The molecule has 2 heteroatoms. The molecule has 1 aromatic rings. The van der Waals surface area contributed by atoms with Gasteiger partial charge in [0.15, 0.2) is 5.78 Å². The Kier molecular flexibility index (Phi) is 4.77. The molecule has 86 valence electrons. The maximum absolute atomic E-state index is 11.9. The highest BCUT2D eigenvalue weighted by atomic mass is 16.5. The van der Waals surface area contributed by atoms with Crippen molar-refractivity contribution in [2.45, 2.75) is 26.7 Å². The van der Waals surface area contributed by atoms with E-state index in [0.29, 0.717) is 6.42 Å². The summed E-state index contributed by atoms with van der Waals surface area (Å²) < 4.78 is 5.22. The van der Waals surface area contributed by atoms with Crippen molar-refractivity contribution < 1.29 is 9.53 Å². The summed E-state index contributed by atoms with van der Waals surface area (Å²) in [5.74, 6) is 0.955. The summed E-state index contributed by atoms with van der Waals surface area (Å²) in [4.78, 5) is 11.9. The molecule has 0 radical (unpaired) electrons. The van der Waals surface area contributed by atoms with Crippen LogP contribution in [0.15, 0.2) is 35.9 Å². The van der Waals surface area contributed by atoms with Crippen molar-refractivity contribution >= 4 is 5.78 Å². The van der Waals surface area contributed by atoms with E-state index < -0.39 is 0 Å². The number of para-hydroxylation sites is 1. The maximum Gasteiger partial charge on any atom is 0.163 e. The van der Waals surface area contributed by atoms with Gasteiger partial charge in [-0.2, -0.15) is 0 Å². The zero-order valence-electron chi connectivity index (χ0n) is 10.1. The maximum atomic E-state index is 11.9. The van der Waals surface area contributed by atoms with Crippen LogP contribution in [-0.2, 0) is 11.2 Å². The van der Waals surface area contributed by atoms with E-state index in [9.17, 15) is 4.79 Å². The third-order valence-corrected chi connectivity index (χ3v) is 2.63. The van der Waals surface area contributed by atoms with Crippen molar-refractivity contribution in [1.29, 1.82) is 0 Å². The molecular formula is C14H18O2. The van der Waals surface area contributed by atoms with Crippen molar-refractivity contribution in [3.63, 3.8) is 0 Å². The molecule has 16 heavy (non-hydrogen) atoms. The summed E-state index contributed by atoms with van der Waals surface area (Å²) in [6.07, 6.45) is 3.08. The summed E-state index contributed by atoms with van der Waals surface area (Å²) in [5.41, 5.74) is 1.83. The average molecular weight is 218 g/mol. The second-order valence-electron chi connectivity index (χ2n) is 3.58. The fourth-order valence-corrected chi connectivity index (χ4v) is 1.70. The first-order chi connectivity index (χ1) is 7.72. The molecule has 0 saturated heterocycles. The van der Waals surface area contributed by atoms with Gasteiger partial charge in [-0.1, -0.05) is 31.2 Å². The SMILES string of the molecule is C/C=C(/CC)C(=O)Cc1ccccc1OC. The number of rotatable bonds is 5. The Hall–Kier alpha value is -1.57. The fraction of sp³-hybridized carbons (Fsp3) is 0.357. The van der Waals surface area contributed by atoms with E-state index in [2.05, 4.69) is 0 Å². The van der Waals surface area contributed by atoms with Crippen molar-refractivity contribution in [2.75, 3.05) is 7.11 Å². The zero-order chi connectivity index (χ0) is 12.0. The molecule has 1 rings (SSSR count). The number of carbonyl (C=O) groups is 1. The molecule has 0 saturated carbocycles. The Morgan fingerprint density at radius 3 is 2.62 bits per heavy atom. The van der Waals surface area contributed by atoms with Crippen molar-refractivity contribution in [1.82, 2.24) is 0 Å². The van der Waals surface area contributed by atoms with Crippen LogP contribution in [-0.4, -0.2) is 12.9 Å². The number of methoxy groups -OCH3 is 1. The van der Waals surface area contributed by atoms with Gasteiger partial charge in [0.25, 0.3) is 0 Å². The first kappa shape index (κ1) is 12.5. The molecule has 0 amide bonds. The standard InChI is InChI=1S/C14H18O2/c1-4-11(5-2)13(15)10-12-8-6-7-9-14(12)16-3/h4,6-9H,5,10H2,1-3H3/b11-4-. The van der Waals surface area contributed by atoms with Crippen molar-refractivity contribution in [3.05, 3.63) is 41.5 Å². The van der Waals surface area contributed by atoms with Crippen LogP contribution in [0, 0.1) is 0 Å². The topological polar surface area (TPSA) is 26.3 Å². The molecule has 1 aromatic carbocycles. The van der Waals surface area contributed by atoms with Gasteiger partial charge >= 0.3 is 0 Å². The Morgan fingerprint density at radius 1 is 1.38 bits per heavy atom. The monoisotopic (exact) mass is 218 g/mol. The van der Waals surface area contributed by atoms with Crippen LogP contribution in [0.1, 0.15) is 25.8 Å². The van der Waals surface area contributed by atoms with E-state index in [-0.39, 0.29) is 5.78 Å². The second kappa shape index (κ2) is 6.11. The smallest absolute Gasteiger partial charge is 0.163 e. The number of carbonyl (C=O) groups excluding carboxylic acids is 1. The number of hydrogen-bond acceptors (Lipinski definition) is 2. The molecule has 0 heterocycles. The summed E-state index contributed by atoms with van der Waals surface area (Å²) in [5, 5.41) is 0. The predicted molar refractivity (Wildman–Crippen MR) is 65.8 cm³/mol. The minimum atomic E-state index is 0.175. The normalized spacial score (nSPS) is 11.3. The van der Waals surface area contributed by atoms with Crippen LogP contribution >= 0.6 is 0 Å². The second-order valence-corrected chi connectivity index (χ2v) is 3.58. The Morgan fingerprint density at radius 2 is 2.06 bits per heavy atom. The summed E-state index contributed by atoms with van der Waals surface area (Å²) in [6.45, 7) is 3.90. The summed E-state index contributed by atoms with van der Waals surface area (Å²) in [7, 11) is 1.62. The van der Waals surface area contributed by atoms with E-state index in [1.807, 2.05) is 44.2 Å². The number of benzene rings is 1. The first-order valence-corrected chi connectivity index (χ1v) is 5.53. The highest BCUT2D eigenvalue weighted by molar-refractivity contribution is 5.96. The fourth-order valence-electron chi connectivity index (χ4n) is 1.70. The quantitative estimate of drug-likeness (QED) is 0.709. The highest BCUT2D eigenvalue weighted by Gasteiger charge is 2.10. The number of Topliss-reactive ketones (excluding diaryl/α,β-unsaturated/α-hetero) is 1. The van der Waals surface area contributed by atoms with Crippen molar-refractivity contribution in [3.8, 4) is 5.75 Å². The lowest BCUT2D eigenvalue weighted by molar-refractivity contribution is -0.115. The molecule has 0 aliphatic carbocycles. The van der Waals surface area contributed by atoms with Crippen LogP contribution in [0.2, 0.25) is 0 Å². The van der Waals surface area contributed by atoms with E-state index in [4.69, 9.17) is 4.74 Å². The van der Waals surface area contributed by atoms with E-state index >= 15 is 0 Å². The van der Waals surface area contributed by atoms with Crippen LogP contribution < -0.4 is 4.74 Å². The van der Waals surface area contributed by atoms with Gasteiger partial charge in [0.2, 0.25) is 0 Å². The molecular weight excluding hydrogens is 200 g/mol. The summed E-state index contributed by atoms with van der Waals surface area (Å²) >= 11 is 0. The van der Waals surface area contributed by atoms with Crippen LogP contribution in [0.5, 0.6) is 5.75 Å². The van der Waals surface area contributed by atoms with Gasteiger partial charge in [0.05, 0.1) is 7.11 Å². The van der Waals surface area contributed by atoms with Gasteiger partial charge in [-0.05, 0) is 25.0 Å². The first-order valence-electron chi connectivity index (χ1n) is 5.53. The third-order valence-electron chi connectivity index (χ3n) is 2.63. The largest absolute Gasteiger partial charge is 0.496 e. The molecule has 0 spiro atoms. The van der Waals surface area contributed by atoms with Gasteiger partial charge < -0.3 is 4.74 Å². The zero-order valence-corrected chi connectivity index (χ0v) is 10.1. The molecule has 2 nitrogen and oxygen atoms in total. The molecule has 0 aromatic heterocycles. The molecule has 0 atom stereocenters. The Labute approximate surface area is 96.9 Å². The van der Waals surface area contributed by atoms with Crippen LogP contribution in [0.3, 0.4) is 0 Å². The minimum absolute atomic E-state index is 0.175. The van der Waals surface area contributed by atoms with Gasteiger partial charge in [-0.25, -0.2) is 0 Å². The predicted octanol–water partition coefficient (Wildman–Crippen LogP) is 3.16. The lowest BCUT2D eigenvalue weighted by Crippen LogP contribution is -2.06. The molecule has 0 bridgehead atoms. The molecule has 0 fully saturated rings. The van der Waals surface area contributed by atoms with E-state index in [0.717, 1.165) is 23.3 Å². The van der Waals surface area contributed by atoms with Crippen LogP contribution in [0.25, 0.3) is 0 Å². The van der Waals surface area contributed by atoms with Gasteiger partial charge in [0, 0.05) is 12.0 Å². The molecule has 0 N–H and O–H groups in total. The van der Waals surface area contributed by atoms with E-state index in [1.54, 1.807) is 7.11 Å². The minimum Gasteiger partial charge on any atom is -0.496 e.